The first-order chi connectivity index (χ1) is 8.31. The molecule has 0 N–H and O–H groups in total. The maximum absolute atomic E-state index is 11.8. The van der Waals surface area contributed by atoms with E-state index in [2.05, 4.69) is 35.2 Å². The zero-order chi connectivity index (χ0) is 11.7. The number of hydrogen-bond acceptors (Lipinski definition) is 2. The molecule has 2 aliphatic heterocycles. The highest BCUT2D eigenvalue weighted by Gasteiger charge is 2.34. The van der Waals surface area contributed by atoms with Crippen molar-refractivity contribution in [3.05, 3.63) is 35.9 Å². The van der Waals surface area contributed by atoms with Crippen LogP contribution in [0, 0.1) is 11.8 Å². The minimum absolute atomic E-state index is 0.317. The number of nitrogens with zero attached hydrogens (tertiary/aromatic N) is 1. The number of fused-ring (bicyclic) bond motifs is 4. The second-order valence-corrected chi connectivity index (χ2v) is 5.49. The molecule has 2 nitrogen and oxygen atoms in total. The van der Waals surface area contributed by atoms with Gasteiger partial charge in [-0.15, -0.1) is 0 Å². The third kappa shape index (κ3) is 2.42. The Hall–Kier alpha value is -1.15. The van der Waals surface area contributed by atoms with E-state index in [1.54, 1.807) is 0 Å². The van der Waals surface area contributed by atoms with Gasteiger partial charge in [-0.3, -0.25) is 9.69 Å². The standard InChI is InChI=1S/C15H19NO/c17-15-8-13-6-7-14(15)11-16(10-13)9-12-4-2-1-3-5-12/h1-5,13-14H,6-11H2. The molecule has 17 heavy (non-hydrogen) atoms. The third-order valence-electron chi connectivity index (χ3n) is 4.11. The molecular weight excluding hydrogens is 210 g/mol. The number of benzene rings is 1. The normalized spacial score (nSPS) is 29.3. The average Bonchev–Trinajstić information content (AvgIpc) is 2.60. The van der Waals surface area contributed by atoms with Crippen molar-refractivity contribution in [1.82, 2.24) is 4.90 Å². The summed E-state index contributed by atoms with van der Waals surface area (Å²) >= 11 is 0. The zero-order valence-corrected chi connectivity index (χ0v) is 10.1. The van der Waals surface area contributed by atoms with E-state index < -0.39 is 0 Å². The van der Waals surface area contributed by atoms with Crippen LogP contribution in [0.25, 0.3) is 0 Å². The van der Waals surface area contributed by atoms with E-state index in [0.717, 1.165) is 32.5 Å². The van der Waals surface area contributed by atoms with Crippen LogP contribution < -0.4 is 0 Å². The van der Waals surface area contributed by atoms with Gasteiger partial charge in [-0.05, 0) is 24.3 Å². The fourth-order valence-electron chi connectivity index (χ4n) is 3.22. The van der Waals surface area contributed by atoms with Crippen molar-refractivity contribution < 1.29 is 4.79 Å². The van der Waals surface area contributed by atoms with Crippen LogP contribution in [0.4, 0.5) is 0 Å². The molecule has 1 saturated carbocycles. The maximum Gasteiger partial charge on any atom is 0.137 e. The molecule has 2 unspecified atom stereocenters. The molecule has 0 radical (unpaired) electrons. The summed E-state index contributed by atoms with van der Waals surface area (Å²) < 4.78 is 0. The predicted molar refractivity (Wildman–Crippen MR) is 67.6 cm³/mol. The predicted octanol–water partition coefficient (Wildman–Crippen LogP) is 2.49. The van der Waals surface area contributed by atoms with Gasteiger partial charge in [0.05, 0.1) is 0 Å². The van der Waals surface area contributed by atoms with Crippen LogP contribution in [0.2, 0.25) is 0 Å². The van der Waals surface area contributed by atoms with Crippen molar-refractivity contribution in [2.45, 2.75) is 25.8 Å². The molecule has 1 aromatic rings. The van der Waals surface area contributed by atoms with Gasteiger partial charge < -0.3 is 0 Å². The minimum atomic E-state index is 0.317. The second kappa shape index (κ2) is 4.61. The summed E-state index contributed by atoms with van der Waals surface area (Å²) in [6, 6.07) is 10.6. The lowest BCUT2D eigenvalue weighted by atomic mass is 9.83. The molecule has 4 rings (SSSR count). The third-order valence-corrected chi connectivity index (χ3v) is 4.11. The van der Waals surface area contributed by atoms with E-state index in [9.17, 15) is 4.79 Å². The molecule has 90 valence electrons. The summed E-state index contributed by atoms with van der Waals surface area (Å²) in [6.07, 6.45) is 3.20. The molecule has 1 aromatic carbocycles. The Morgan fingerprint density at radius 3 is 2.71 bits per heavy atom. The van der Waals surface area contributed by atoms with Gasteiger partial charge in [0.1, 0.15) is 5.78 Å². The second-order valence-electron chi connectivity index (χ2n) is 5.49. The number of rotatable bonds is 2. The number of hydrogen-bond donors (Lipinski definition) is 0. The molecule has 0 amide bonds. The summed E-state index contributed by atoms with van der Waals surface area (Å²) in [5.41, 5.74) is 1.36. The van der Waals surface area contributed by atoms with Crippen LogP contribution in [0.1, 0.15) is 24.8 Å². The molecule has 2 heteroatoms. The fourth-order valence-corrected chi connectivity index (χ4v) is 3.22. The lowest BCUT2D eigenvalue weighted by Gasteiger charge is -2.21. The van der Waals surface area contributed by atoms with E-state index in [1.165, 1.54) is 12.0 Å². The van der Waals surface area contributed by atoms with Gasteiger partial charge in [-0.25, -0.2) is 0 Å². The van der Waals surface area contributed by atoms with Crippen LogP contribution in [0.5, 0.6) is 0 Å². The van der Waals surface area contributed by atoms with Gasteiger partial charge in [0.25, 0.3) is 0 Å². The van der Waals surface area contributed by atoms with E-state index in [1.807, 2.05) is 0 Å². The Kier molecular flexibility index (Phi) is 2.98. The Labute approximate surface area is 103 Å². The topological polar surface area (TPSA) is 20.3 Å². The van der Waals surface area contributed by atoms with Crippen LogP contribution in [-0.2, 0) is 11.3 Å². The Morgan fingerprint density at radius 2 is 1.94 bits per heavy atom. The van der Waals surface area contributed by atoms with Gasteiger partial charge in [-0.1, -0.05) is 30.3 Å². The first-order valence-corrected chi connectivity index (χ1v) is 6.60. The molecule has 2 bridgehead atoms. The highest BCUT2D eigenvalue weighted by atomic mass is 16.1. The smallest absolute Gasteiger partial charge is 0.137 e. The van der Waals surface area contributed by atoms with Crippen molar-refractivity contribution in [3.63, 3.8) is 0 Å². The summed E-state index contributed by atoms with van der Waals surface area (Å²) in [7, 11) is 0. The Morgan fingerprint density at radius 1 is 1.12 bits per heavy atom. The monoisotopic (exact) mass is 229 g/mol. The van der Waals surface area contributed by atoms with Crippen molar-refractivity contribution in [2.24, 2.45) is 11.8 Å². The maximum atomic E-state index is 11.8. The molecule has 0 spiro atoms. The number of ketones is 1. The van der Waals surface area contributed by atoms with Crippen LogP contribution >= 0.6 is 0 Å². The highest BCUT2D eigenvalue weighted by molar-refractivity contribution is 5.82. The van der Waals surface area contributed by atoms with Gasteiger partial charge in [0.2, 0.25) is 0 Å². The molecule has 2 atom stereocenters. The van der Waals surface area contributed by atoms with Crippen molar-refractivity contribution >= 4 is 5.78 Å². The SMILES string of the molecule is O=C1CC2CCC1CN(Cc1ccccc1)C2. The molecule has 2 heterocycles. The molecule has 1 aliphatic carbocycles. The molecule has 2 saturated heterocycles. The van der Waals surface area contributed by atoms with Gasteiger partial charge in [0, 0.05) is 32.0 Å². The van der Waals surface area contributed by atoms with E-state index in [-0.39, 0.29) is 0 Å². The largest absolute Gasteiger partial charge is 0.299 e. The first kappa shape index (κ1) is 11.0. The number of Topliss-reactive ketones (excluding diaryl/α,β-unsaturated/α-hetero) is 1. The lowest BCUT2D eigenvalue weighted by Crippen LogP contribution is -2.29. The highest BCUT2D eigenvalue weighted by Crippen LogP contribution is 2.32. The summed E-state index contributed by atoms with van der Waals surface area (Å²) in [4.78, 5) is 14.3. The van der Waals surface area contributed by atoms with E-state index >= 15 is 0 Å². The summed E-state index contributed by atoms with van der Waals surface area (Å²) in [5.74, 6) is 1.44. The number of carbonyl (C=O) groups is 1. The molecule has 0 aromatic heterocycles. The molecule has 3 fully saturated rings. The molecule has 3 aliphatic rings. The quantitative estimate of drug-likeness (QED) is 0.776. The van der Waals surface area contributed by atoms with Gasteiger partial charge in [0.15, 0.2) is 0 Å². The van der Waals surface area contributed by atoms with Crippen molar-refractivity contribution in [3.8, 4) is 0 Å². The summed E-state index contributed by atoms with van der Waals surface area (Å²) in [5, 5.41) is 0. The number of carbonyl (C=O) groups excluding carboxylic acids is 1. The van der Waals surface area contributed by atoms with Crippen LogP contribution in [0.15, 0.2) is 30.3 Å². The average molecular weight is 229 g/mol. The minimum Gasteiger partial charge on any atom is -0.299 e. The van der Waals surface area contributed by atoms with Crippen molar-refractivity contribution in [2.75, 3.05) is 13.1 Å². The zero-order valence-electron chi connectivity index (χ0n) is 10.1. The molecular formula is C15H19NO. The van der Waals surface area contributed by atoms with Crippen molar-refractivity contribution in [1.29, 1.82) is 0 Å². The van der Waals surface area contributed by atoms with E-state index in [0.29, 0.717) is 17.6 Å². The van der Waals surface area contributed by atoms with E-state index in [4.69, 9.17) is 0 Å². The summed E-state index contributed by atoms with van der Waals surface area (Å²) in [6.45, 7) is 3.09. The lowest BCUT2D eigenvalue weighted by molar-refractivity contribution is -0.125. The van der Waals surface area contributed by atoms with Gasteiger partial charge in [-0.2, -0.15) is 0 Å². The Bertz CT molecular complexity index is 401. The van der Waals surface area contributed by atoms with Gasteiger partial charge >= 0.3 is 0 Å². The first-order valence-electron chi connectivity index (χ1n) is 6.60. The van der Waals surface area contributed by atoms with Crippen LogP contribution in [-0.4, -0.2) is 23.8 Å². The Balaban J connectivity index is 1.71. The van der Waals surface area contributed by atoms with Crippen LogP contribution in [0.3, 0.4) is 0 Å². The fraction of sp³-hybridized carbons (Fsp3) is 0.533.